The number of rotatable bonds is 4. The Morgan fingerprint density at radius 3 is 2.83 bits per heavy atom. The highest BCUT2D eigenvalue weighted by molar-refractivity contribution is 6.01. The SMILES string of the molecule is COC(=O)COC(=O)Cn1cnc2c(oc3ccccc32)c1=O. The smallest absolute Gasteiger partial charge is 0.344 e. The van der Waals surface area contributed by atoms with Gasteiger partial charge >= 0.3 is 11.9 Å². The number of esters is 2. The number of aromatic nitrogens is 2. The van der Waals surface area contributed by atoms with Gasteiger partial charge in [-0.1, -0.05) is 12.1 Å². The zero-order valence-electron chi connectivity index (χ0n) is 12.1. The van der Waals surface area contributed by atoms with Crippen molar-refractivity contribution in [2.45, 2.75) is 6.54 Å². The van der Waals surface area contributed by atoms with Crippen molar-refractivity contribution in [2.24, 2.45) is 0 Å². The monoisotopic (exact) mass is 316 g/mol. The minimum atomic E-state index is -0.755. The number of nitrogens with zero attached hydrogens (tertiary/aromatic N) is 2. The molecular weight excluding hydrogens is 304 g/mol. The lowest BCUT2D eigenvalue weighted by molar-refractivity contribution is -0.157. The minimum absolute atomic E-state index is 0.0643. The van der Waals surface area contributed by atoms with Crippen molar-refractivity contribution in [3.63, 3.8) is 0 Å². The first-order valence-electron chi connectivity index (χ1n) is 6.69. The van der Waals surface area contributed by atoms with E-state index in [4.69, 9.17) is 9.15 Å². The lowest BCUT2D eigenvalue weighted by Crippen LogP contribution is -2.26. The summed E-state index contributed by atoms with van der Waals surface area (Å²) in [6.45, 7) is -0.889. The van der Waals surface area contributed by atoms with E-state index in [1.165, 1.54) is 13.4 Å². The van der Waals surface area contributed by atoms with Crippen LogP contribution in [0.4, 0.5) is 0 Å². The zero-order valence-corrected chi connectivity index (χ0v) is 12.1. The lowest BCUT2D eigenvalue weighted by atomic mass is 10.2. The second-order valence-electron chi connectivity index (χ2n) is 4.69. The summed E-state index contributed by atoms with van der Waals surface area (Å²) >= 11 is 0. The second-order valence-corrected chi connectivity index (χ2v) is 4.69. The number of hydrogen-bond donors (Lipinski definition) is 0. The maximum absolute atomic E-state index is 12.4. The molecule has 0 unspecified atom stereocenters. The number of methoxy groups -OCH3 is 1. The van der Waals surface area contributed by atoms with Crippen LogP contribution in [-0.4, -0.2) is 35.2 Å². The van der Waals surface area contributed by atoms with Crippen LogP contribution >= 0.6 is 0 Å². The van der Waals surface area contributed by atoms with Gasteiger partial charge in [0, 0.05) is 5.39 Å². The third kappa shape index (κ3) is 2.78. The Labute approximate surface area is 129 Å². The van der Waals surface area contributed by atoms with Gasteiger partial charge in [0.1, 0.15) is 17.6 Å². The molecule has 118 valence electrons. The predicted molar refractivity (Wildman–Crippen MR) is 78.8 cm³/mol. The quantitative estimate of drug-likeness (QED) is 0.658. The largest absolute Gasteiger partial charge is 0.466 e. The van der Waals surface area contributed by atoms with Gasteiger partial charge in [-0.05, 0) is 12.1 Å². The van der Waals surface area contributed by atoms with E-state index < -0.39 is 24.1 Å². The molecule has 0 spiro atoms. The number of para-hydroxylation sites is 1. The molecule has 0 fully saturated rings. The molecular formula is C15H12N2O6. The molecule has 1 aromatic carbocycles. The van der Waals surface area contributed by atoms with Crippen molar-refractivity contribution in [3.05, 3.63) is 40.9 Å². The van der Waals surface area contributed by atoms with Crippen LogP contribution in [0.25, 0.3) is 22.1 Å². The van der Waals surface area contributed by atoms with E-state index in [0.29, 0.717) is 11.1 Å². The summed E-state index contributed by atoms with van der Waals surface area (Å²) in [7, 11) is 1.18. The van der Waals surface area contributed by atoms with Crippen molar-refractivity contribution < 1.29 is 23.5 Å². The first-order chi connectivity index (χ1) is 11.1. The Bertz CT molecular complexity index is 955. The van der Waals surface area contributed by atoms with Crippen LogP contribution in [0.15, 0.2) is 39.8 Å². The van der Waals surface area contributed by atoms with E-state index in [1.54, 1.807) is 18.2 Å². The topological polar surface area (TPSA) is 101 Å². The Balaban J connectivity index is 1.89. The van der Waals surface area contributed by atoms with Crippen molar-refractivity contribution in [3.8, 4) is 0 Å². The summed E-state index contributed by atoms with van der Waals surface area (Å²) in [5.74, 6) is -1.44. The van der Waals surface area contributed by atoms with E-state index in [2.05, 4.69) is 9.72 Å². The second kappa shape index (κ2) is 5.91. The van der Waals surface area contributed by atoms with Gasteiger partial charge in [0.15, 0.2) is 6.61 Å². The molecule has 0 N–H and O–H groups in total. The number of hydrogen-bond acceptors (Lipinski definition) is 7. The average Bonchev–Trinajstić information content (AvgIpc) is 2.94. The lowest BCUT2D eigenvalue weighted by Gasteiger charge is -2.05. The van der Waals surface area contributed by atoms with Gasteiger partial charge in [-0.25, -0.2) is 9.78 Å². The molecule has 0 atom stereocenters. The molecule has 0 aliphatic rings. The summed E-state index contributed by atoms with van der Waals surface area (Å²) in [5.41, 5.74) is 0.540. The van der Waals surface area contributed by atoms with Crippen LogP contribution in [0.1, 0.15) is 0 Å². The molecule has 3 rings (SSSR count). The van der Waals surface area contributed by atoms with E-state index in [0.717, 1.165) is 9.95 Å². The summed E-state index contributed by atoms with van der Waals surface area (Å²) in [6, 6.07) is 7.12. The summed E-state index contributed by atoms with van der Waals surface area (Å²) in [5, 5.41) is 0.722. The molecule has 0 radical (unpaired) electrons. The Morgan fingerprint density at radius 2 is 2.04 bits per heavy atom. The standard InChI is InChI=1S/C15H12N2O6/c1-21-12(19)7-22-11(18)6-17-8-16-13-9-4-2-3-5-10(9)23-14(13)15(17)20/h2-5,8H,6-7H2,1H3. The molecule has 2 heterocycles. The predicted octanol–water partition coefficient (Wildman–Crippen LogP) is 0.859. The van der Waals surface area contributed by atoms with Crippen molar-refractivity contribution >= 4 is 34.0 Å². The molecule has 0 bridgehead atoms. The maximum Gasteiger partial charge on any atom is 0.344 e. The highest BCUT2D eigenvalue weighted by Crippen LogP contribution is 2.23. The van der Waals surface area contributed by atoms with Gasteiger partial charge in [-0.15, -0.1) is 0 Å². The molecule has 3 aromatic rings. The number of furan rings is 1. The number of benzene rings is 1. The van der Waals surface area contributed by atoms with E-state index >= 15 is 0 Å². The molecule has 0 saturated heterocycles. The van der Waals surface area contributed by atoms with Gasteiger partial charge in [0.2, 0.25) is 5.58 Å². The molecule has 0 amide bonds. The van der Waals surface area contributed by atoms with Crippen molar-refractivity contribution in [1.82, 2.24) is 9.55 Å². The number of fused-ring (bicyclic) bond motifs is 3. The summed E-state index contributed by atoms with van der Waals surface area (Å²) in [4.78, 5) is 39.1. The van der Waals surface area contributed by atoms with Crippen LogP contribution in [0.3, 0.4) is 0 Å². The van der Waals surface area contributed by atoms with Gasteiger partial charge in [0.25, 0.3) is 5.56 Å². The Hall–Kier alpha value is -3.16. The molecule has 23 heavy (non-hydrogen) atoms. The van der Waals surface area contributed by atoms with E-state index in [-0.39, 0.29) is 12.1 Å². The first-order valence-corrected chi connectivity index (χ1v) is 6.69. The molecule has 2 aromatic heterocycles. The number of carbonyl (C=O) groups is 2. The zero-order chi connectivity index (χ0) is 16.4. The third-order valence-electron chi connectivity index (χ3n) is 3.23. The molecule has 8 heteroatoms. The summed E-state index contributed by atoms with van der Waals surface area (Å²) in [6.07, 6.45) is 1.24. The Kier molecular flexibility index (Phi) is 3.80. The highest BCUT2D eigenvalue weighted by atomic mass is 16.6. The third-order valence-corrected chi connectivity index (χ3v) is 3.23. The maximum atomic E-state index is 12.4. The van der Waals surface area contributed by atoms with Gasteiger partial charge < -0.3 is 13.9 Å². The minimum Gasteiger partial charge on any atom is -0.466 e. The Morgan fingerprint density at radius 1 is 1.26 bits per heavy atom. The molecule has 0 aliphatic carbocycles. The normalized spacial score (nSPS) is 10.8. The molecule has 0 aliphatic heterocycles. The molecule has 8 nitrogen and oxygen atoms in total. The van der Waals surface area contributed by atoms with Crippen molar-refractivity contribution in [1.29, 1.82) is 0 Å². The first kappa shape index (κ1) is 14.8. The van der Waals surface area contributed by atoms with Crippen LogP contribution in [0.2, 0.25) is 0 Å². The number of ether oxygens (including phenoxy) is 2. The van der Waals surface area contributed by atoms with Crippen LogP contribution < -0.4 is 5.56 Å². The fourth-order valence-corrected chi connectivity index (χ4v) is 2.11. The van der Waals surface area contributed by atoms with E-state index in [1.807, 2.05) is 6.07 Å². The highest BCUT2D eigenvalue weighted by Gasteiger charge is 2.15. The fourth-order valence-electron chi connectivity index (χ4n) is 2.11. The van der Waals surface area contributed by atoms with Crippen LogP contribution in [0, 0.1) is 0 Å². The van der Waals surface area contributed by atoms with Crippen LogP contribution in [-0.2, 0) is 25.6 Å². The van der Waals surface area contributed by atoms with Crippen LogP contribution in [0.5, 0.6) is 0 Å². The summed E-state index contributed by atoms with van der Waals surface area (Å²) < 4.78 is 15.6. The number of carbonyl (C=O) groups excluding carboxylic acids is 2. The average molecular weight is 316 g/mol. The van der Waals surface area contributed by atoms with Crippen molar-refractivity contribution in [2.75, 3.05) is 13.7 Å². The van der Waals surface area contributed by atoms with Gasteiger partial charge in [-0.2, -0.15) is 0 Å². The molecule has 0 saturated carbocycles. The van der Waals surface area contributed by atoms with E-state index in [9.17, 15) is 14.4 Å². The fraction of sp³-hybridized carbons (Fsp3) is 0.200. The van der Waals surface area contributed by atoms with Gasteiger partial charge in [0.05, 0.1) is 13.4 Å². The van der Waals surface area contributed by atoms with Gasteiger partial charge in [-0.3, -0.25) is 14.2 Å².